The van der Waals surface area contributed by atoms with E-state index in [9.17, 15) is 4.79 Å². The van der Waals surface area contributed by atoms with Gasteiger partial charge in [0.2, 0.25) is 0 Å². The van der Waals surface area contributed by atoms with Gasteiger partial charge in [0.1, 0.15) is 11.5 Å². The number of methoxy groups -OCH3 is 1. The average Bonchev–Trinajstić information content (AvgIpc) is 2.81. The Hall–Kier alpha value is -1.31. The van der Waals surface area contributed by atoms with E-state index in [1.807, 2.05) is 0 Å². The van der Waals surface area contributed by atoms with E-state index >= 15 is 0 Å². The van der Waals surface area contributed by atoms with Gasteiger partial charge in [0, 0.05) is 11.8 Å². The average molecular weight is 312 g/mol. The van der Waals surface area contributed by atoms with Crippen molar-refractivity contribution < 1.29 is 9.53 Å². The summed E-state index contributed by atoms with van der Waals surface area (Å²) in [6, 6.07) is 6.65. The SMILES string of the molecule is COc1ccc2c(c1)CC(C)[C@@H]1[C@@H]2C(C)C[C@]2(C)C(=O)CC[C@@H]12. The molecule has 6 atom stereocenters. The van der Waals surface area contributed by atoms with Crippen LogP contribution in [0.5, 0.6) is 5.75 Å². The summed E-state index contributed by atoms with van der Waals surface area (Å²) in [5.74, 6) is 4.59. The summed E-state index contributed by atoms with van der Waals surface area (Å²) in [6.45, 7) is 7.04. The minimum atomic E-state index is -0.0567. The van der Waals surface area contributed by atoms with Crippen LogP contribution < -0.4 is 4.74 Å². The van der Waals surface area contributed by atoms with E-state index in [0.29, 0.717) is 35.4 Å². The number of ketones is 1. The van der Waals surface area contributed by atoms with Crippen molar-refractivity contribution in [3.8, 4) is 5.75 Å². The second kappa shape index (κ2) is 5.09. The maximum atomic E-state index is 12.6. The number of hydrogen-bond donors (Lipinski definition) is 0. The summed E-state index contributed by atoms with van der Waals surface area (Å²) < 4.78 is 5.43. The van der Waals surface area contributed by atoms with Crippen molar-refractivity contribution in [2.75, 3.05) is 7.11 Å². The highest BCUT2D eigenvalue weighted by molar-refractivity contribution is 5.87. The van der Waals surface area contributed by atoms with Crippen molar-refractivity contribution in [3.63, 3.8) is 0 Å². The molecular formula is C21H28O2. The lowest BCUT2D eigenvalue weighted by Gasteiger charge is -2.53. The number of hydrogen-bond acceptors (Lipinski definition) is 2. The Kier molecular flexibility index (Phi) is 3.37. The van der Waals surface area contributed by atoms with Crippen molar-refractivity contribution in [2.45, 2.75) is 52.4 Å². The molecule has 0 aromatic heterocycles. The largest absolute Gasteiger partial charge is 0.497 e. The van der Waals surface area contributed by atoms with E-state index in [4.69, 9.17) is 4.74 Å². The molecule has 0 amide bonds. The molecule has 2 heteroatoms. The number of rotatable bonds is 1. The second-order valence-corrected chi connectivity index (χ2v) is 8.52. The molecule has 3 aliphatic rings. The number of ether oxygens (including phenoxy) is 1. The maximum absolute atomic E-state index is 12.6. The highest BCUT2D eigenvalue weighted by atomic mass is 16.5. The van der Waals surface area contributed by atoms with Crippen LogP contribution in [0.2, 0.25) is 0 Å². The molecule has 4 rings (SSSR count). The molecule has 2 unspecified atom stereocenters. The van der Waals surface area contributed by atoms with Crippen LogP contribution in [0.1, 0.15) is 57.1 Å². The van der Waals surface area contributed by atoms with Gasteiger partial charge >= 0.3 is 0 Å². The van der Waals surface area contributed by atoms with Gasteiger partial charge < -0.3 is 4.74 Å². The molecule has 23 heavy (non-hydrogen) atoms. The fourth-order valence-electron chi connectivity index (χ4n) is 6.36. The first-order valence-corrected chi connectivity index (χ1v) is 9.16. The molecule has 2 saturated carbocycles. The van der Waals surface area contributed by atoms with E-state index in [1.165, 1.54) is 11.1 Å². The van der Waals surface area contributed by atoms with Crippen LogP contribution in [0.15, 0.2) is 18.2 Å². The van der Waals surface area contributed by atoms with Gasteiger partial charge in [0.15, 0.2) is 0 Å². The van der Waals surface area contributed by atoms with E-state index < -0.39 is 0 Å². The molecular weight excluding hydrogens is 284 g/mol. The van der Waals surface area contributed by atoms with Crippen LogP contribution in [-0.2, 0) is 11.2 Å². The maximum Gasteiger partial charge on any atom is 0.139 e. The van der Waals surface area contributed by atoms with Crippen molar-refractivity contribution in [3.05, 3.63) is 29.3 Å². The Bertz CT molecular complexity index is 649. The molecule has 0 saturated heterocycles. The third-order valence-electron chi connectivity index (χ3n) is 7.28. The quantitative estimate of drug-likeness (QED) is 0.757. The zero-order valence-electron chi connectivity index (χ0n) is 14.8. The first-order valence-electron chi connectivity index (χ1n) is 9.16. The molecule has 0 aliphatic heterocycles. The zero-order chi connectivity index (χ0) is 16.4. The zero-order valence-corrected chi connectivity index (χ0v) is 14.8. The Balaban J connectivity index is 1.80. The van der Waals surface area contributed by atoms with Crippen LogP contribution in [-0.4, -0.2) is 12.9 Å². The minimum absolute atomic E-state index is 0.0567. The Morgan fingerprint density at radius 3 is 2.74 bits per heavy atom. The van der Waals surface area contributed by atoms with Crippen LogP contribution in [0.3, 0.4) is 0 Å². The molecule has 124 valence electrons. The Morgan fingerprint density at radius 1 is 1.22 bits per heavy atom. The fourth-order valence-corrected chi connectivity index (χ4v) is 6.36. The van der Waals surface area contributed by atoms with Gasteiger partial charge in [-0.05, 0) is 72.1 Å². The van der Waals surface area contributed by atoms with E-state index in [2.05, 4.69) is 39.0 Å². The number of benzene rings is 1. The van der Waals surface area contributed by atoms with Gasteiger partial charge in [-0.1, -0.05) is 26.8 Å². The van der Waals surface area contributed by atoms with Gasteiger partial charge in [-0.2, -0.15) is 0 Å². The van der Waals surface area contributed by atoms with Crippen LogP contribution in [0.25, 0.3) is 0 Å². The van der Waals surface area contributed by atoms with Crippen molar-refractivity contribution in [1.29, 1.82) is 0 Å². The lowest BCUT2D eigenvalue weighted by molar-refractivity contribution is -0.131. The monoisotopic (exact) mass is 312 g/mol. The standard InChI is InChI=1S/C21H28O2/c1-12-9-14-10-15(23-4)5-6-16(14)19-13(2)11-21(3)17(20(12)19)7-8-18(21)22/h5-6,10,12-13,17,19-20H,7-9,11H2,1-4H3/t12?,13?,17-,19+,20-,21-/m0/s1. The first kappa shape index (κ1) is 15.2. The lowest BCUT2D eigenvalue weighted by Crippen LogP contribution is -2.48. The Morgan fingerprint density at radius 2 is 2.00 bits per heavy atom. The molecule has 0 heterocycles. The van der Waals surface area contributed by atoms with Crippen molar-refractivity contribution in [1.82, 2.24) is 0 Å². The number of carbonyl (C=O) groups is 1. The van der Waals surface area contributed by atoms with E-state index in [0.717, 1.165) is 31.4 Å². The summed E-state index contributed by atoms with van der Waals surface area (Å²) in [7, 11) is 1.75. The van der Waals surface area contributed by atoms with Gasteiger partial charge in [0.05, 0.1) is 7.11 Å². The molecule has 0 bridgehead atoms. The molecule has 0 N–H and O–H groups in total. The predicted octanol–water partition coefficient (Wildman–Crippen LogP) is 4.61. The van der Waals surface area contributed by atoms with E-state index in [-0.39, 0.29) is 5.41 Å². The number of fused-ring (bicyclic) bond motifs is 5. The Labute approximate surface area is 139 Å². The highest BCUT2D eigenvalue weighted by Crippen LogP contribution is 2.62. The molecule has 2 fully saturated rings. The van der Waals surface area contributed by atoms with E-state index in [1.54, 1.807) is 7.11 Å². The van der Waals surface area contributed by atoms with Gasteiger partial charge in [-0.15, -0.1) is 0 Å². The van der Waals surface area contributed by atoms with Gasteiger partial charge in [0.25, 0.3) is 0 Å². The normalized spacial score (nSPS) is 41.9. The molecule has 0 spiro atoms. The molecule has 3 aliphatic carbocycles. The molecule has 0 radical (unpaired) electrons. The van der Waals surface area contributed by atoms with Crippen LogP contribution in [0, 0.1) is 29.1 Å². The molecule has 2 nitrogen and oxygen atoms in total. The summed E-state index contributed by atoms with van der Waals surface area (Å²) in [5, 5.41) is 0. The fraction of sp³-hybridized carbons (Fsp3) is 0.667. The number of carbonyl (C=O) groups excluding carboxylic acids is 1. The highest BCUT2D eigenvalue weighted by Gasteiger charge is 2.58. The topological polar surface area (TPSA) is 26.3 Å². The second-order valence-electron chi connectivity index (χ2n) is 8.52. The van der Waals surface area contributed by atoms with Gasteiger partial charge in [-0.3, -0.25) is 4.79 Å². The predicted molar refractivity (Wildman–Crippen MR) is 91.7 cm³/mol. The lowest BCUT2D eigenvalue weighted by atomic mass is 9.50. The molecule has 1 aromatic rings. The summed E-state index contributed by atoms with van der Waals surface area (Å²) in [6.07, 6.45) is 4.11. The summed E-state index contributed by atoms with van der Waals surface area (Å²) >= 11 is 0. The van der Waals surface area contributed by atoms with Crippen LogP contribution >= 0.6 is 0 Å². The van der Waals surface area contributed by atoms with Gasteiger partial charge in [-0.25, -0.2) is 0 Å². The summed E-state index contributed by atoms with van der Waals surface area (Å²) in [4.78, 5) is 12.6. The van der Waals surface area contributed by atoms with Crippen LogP contribution in [0.4, 0.5) is 0 Å². The third-order valence-corrected chi connectivity index (χ3v) is 7.28. The minimum Gasteiger partial charge on any atom is -0.497 e. The smallest absolute Gasteiger partial charge is 0.139 e. The molecule has 1 aromatic carbocycles. The van der Waals surface area contributed by atoms with Crippen molar-refractivity contribution >= 4 is 5.78 Å². The number of Topliss-reactive ketones (excluding diaryl/α,β-unsaturated/α-hetero) is 1. The first-order chi connectivity index (χ1) is 11.0. The summed E-state index contributed by atoms with van der Waals surface area (Å²) in [5.41, 5.74) is 2.94. The third kappa shape index (κ3) is 2.03. The van der Waals surface area contributed by atoms with Crippen molar-refractivity contribution in [2.24, 2.45) is 29.1 Å².